The lowest BCUT2D eigenvalue weighted by atomic mass is 9.89. The Labute approximate surface area is 393 Å². The standard InChI is InChI=1S/C29H29FN2O3.C27H34N2O3/c30-23-11-9-21(10-12-23)19-32-20-26(24-5-1-3-7-27(24)32)22-13-15-31(16-14-22)17-18-35-28-8-4-2-6-25(28)29(33)34;1-2-3-8-15-29-20-24(22-9-4-6-11-25(22)29)21-13-16-28(17-14-21)18-19-32-26-12-7-5-10-23(26)27(30)31/h1-12,20,22H,13-19H2,(H,33,34);4-7,9-12,20-21H,2-3,8,13-19H2,1H3,(H,30,31). The number of hydrogen-bond donors (Lipinski definition) is 2. The number of aryl methyl sites for hydroxylation is 1. The summed E-state index contributed by atoms with van der Waals surface area (Å²) in [5.41, 5.74) is 6.96. The Balaban J connectivity index is 0.000000182. The average Bonchev–Trinajstić information content (AvgIpc) is 3.91. The highest BCUT2D eigenvalue weighted by atomic mass is 19.1. The number of ether oxygens (including phenoxy) is 2. The molecule has 4 heterocycles. The minimum absolute atomic E-state index is 0.197. The van der Waals surface area contributed by atoms with Gasteiger partial charge in [-0.25, -0.2) is 14.0 Å². The molecule has 350 valence electrons. The molecule has 2 N–H and O–H groups in total. The fourth-order valence-corrected chi connectivity index (χ4v) is 9.88. The van der Waals surface area contributed by atoms with Crippen LogP contribution in [0.5, 0.6) is 11.5 Å². The number of halogens is 1. The molecule has 0 atom stereocenters. The van der Waals surface area contributed by atoms with Crippen LogP contribution < -0.4 is 9.47 Å². The van der Waals surface area contributed by atoms with E-state index in [1.807, 2.05) is 18.2 Å². The highest BCUT2D eigenvalue weighted by Gasteiger charge is 2.26. The molecule has 2 saturated heterocycles. The summed E-state index contributed by atoms with van der Waals surface area (Å²) in [6, 6.07) is 37.7. The van der Waals surface area contributed by atoms with Crippen molar-refractivity contribution in [1.29, 1.82) is 0 Å². The van der Waals surface area contributed by atoms with Crippen LogP contribution in [0.25, 0.3) is 21.8 Å². The Hall–Kier alpha value is -6.43. The summed E-state index contributed by atoms with van der Waals surface area (Å²) in [7, 11) is 0. The number of carbonyl (C=O) groups is 2. The number of aromatic carboxylic acids is 2. The largest absolute Gasteiger partial charge is 0.491 e. The number of para-hydroxylation sites is 4. The molecule has 9 rings (SSSR count). The van der Waals surface area contributed by atoms with Gasteiger partial charge in [-0.3, -0.25) is 9.80 Å². The van der Waals surface area contributed by atoms with Gasteiger partial charge in [0, 0.05) is 60.4 Å². The number of carboxylic acid groups (broad SMARTS) is 2. The van der Waals surface area contributed by atoms with Crippen LogP contribution in [0, 0.1) is 5.82 Å². The monoisotopic (exact) mass is 906 g/mol. The highest BCUT2D eigenvalue weighted by Crippen LogP contribution is 2.36. The fourth-order valence-electron chi connectivity index (χ4n) is 9.88. The first-order valence-corrected chi connectivity index (χ1v) is 24.0. The second kappa shape index (κ2) is 22.8. The molecule has 0 unspecified atom stereocenters. The van der Waals surface area contributed by atoms with Gasteiger partial charge in [0.2, 0.25) is 0 Å². The van der Waals surface area contributed by atoms with Gasteiger partial charge in [-0.1, -0.05) is 92.6 Å². The van der Waals surface area contributed by atoms with Crippen LogP contribution >= 0.6 is 0 Å². The average molecular weight is 907 g/mol. The van der Waals surface area contributed by atoms with Crippen LogP contribution in [0.4, 0.5) is 4.39 Å². The number of rotatable bonds is 18. The zero-order valence-electron chi connectivity index (χ0n) is 38.6. The first-order chi connectivity index (χ1) is 32.7. The summed E-state index contributed by atoms with van der Waals surface area (Å²) >= 11 is 0. The van der Waals surface area contributed by atoms with Gasteiger partial charge < -0.3 is 28.8 Å². The Morgan fingerprint density at radius 2 is 1.01 bits per heavy atom. The fraction of sp³-hybridized carbons (Fsp3) is 0.357. The number of piperidine rings is 2. The zero-order chi connectivity index (χ0) is 46.5. The third-order valence-corrected chi connectivity index (χ3v) is 13.5. The Morgan fingerprint density at radius 1 is 0.567 bits per heavy atom. The minimum atomic E-state index is -0.972. The van der Waals surface area contributed by atoms with Crippen LogP contribution in [0.1, 0.15) is 101 Å². The second-order valence-corrected chi connectivity index (χ2v) is 17.9. The summed E-state index contributed by atoms with van der Waals surface area (Å²) < 4.78 is 29.6. The molecule has 10 nitrogen and oxygen atoms in total. The van der Waals surface area contributed by atoms with Crippen LogP contribution in [0.3, 0.4) is 0 Å². The predicted molar refractivity (Wildman–Crippen MR) is 264 cm³/mol. The highest BCUT2D eigenvalue weighted by molar-refractivity contribution is 5.91. The van der Waals surface area contributed by atoms with E-state index in [-0.39, 0.29) is 16.9 Å². The lowest BCUT2D eigenvalue weighted by molar-refractivity contribution is 0.0680. The first-order valence-electron chi connectivity index (χ1n) is 24.0. The summed E-state index contributed by atoms with van der Waals surface area (Å²) in [5.74, 6) is -0.184. The SMILES string of the molecule is CCCCCn1cc(C2CCN(CCOc3ccccc3C(=O)O)CC2)c2ccccc21.O=C(O)c1ccccc1OCCN1CCC(c2cn(Cc3ccc(F)cc3)c3ccccc23)CC1. The molecule has 5 aromatic carbocycles. The molecule has 0 spiro atoms. The van der Waals surface area contributed by atoms with E-state index in [9.17, 15) is 24.2 Å². The van der Waals surface area contributed by atoms with Crippen molar-refractivity contribution in [3.63, 3.8) is 0 Å². The van der Waals surface area contributed by atoms with Crippen molar-refractivity contribution in [1.82, 2.24) is 18.9 Å². The molecule has 11 heteroatoms. The van der Waals surface area contributed by atoms with E-state index in [4.69, 9.17) is 9.47 Å². The Kier molecular flexibility index (Phi) is 16.1. The predicted octanol–water partition coefficient (Wildman–Crippen LogP) is 11.6. The quantitative estimate of drug-likeness (QED) is 0.0820. The van der Waals surface area contributed by atoms with E-state index < -0.39 is 11.9 Å². The van der Waals surface area contributed by atoms with E-state index in [2.05, 4.69) is 86.8 Å². The van der Waals surface area contributed by atoms with Gasteiger partial charge in [0.15, 0.2) is 0 Å². The molecule has 2 aliphatic rings. The third-order valence-electron chi connectivity index (χ3n) is 13.5. The van der Waals surface area contributed by atoms with Gasteiger partial charge in [-0.05, 0) is 135 Å². The third kappa shape index (κ3) is 11.9. The molecule has 67 heavy (non-hydrogen) atoms. The van der Waals surface area contributed by atoms with E-state index in [0.717, 1.165) is 83.6 Å². The Morgan fingerprint density at radius 3 is 1.51 bits per heavy atom. The van der Waals surface area contributed by atoms with Crippen LogP contribution in [-0.4, -0.2) is 93.6 Å². The maximum atomic E-state index is 13.3. The number of likely N-dealkylation sites (tertiary alicyclic amines) is 2. The van der Waals surface area contributed by atoms with E-state index in [1.165, 1.54) is 64.3 Å². The molecular formula is C56H63FN4O6. The zero-order valence-corrected chi connectivity index (χ0v) is 38.6. The molecule has 2 aliphatic heterocycles. The minimum Gasteiger partial charge on any atom is -0.491 e. The maximum Gasteiger partial charge on any atom is 0.339 e. The maximum absolute atomic E-state index is 13.3. The molecule has 0 bridgehead atoms. The summed E-state index contributed by atoms with van der Waals surface area (Å²) in [6.45, 7) is 10.7. The van der Waals surface area contributed by atoms with Crippen molar-refractivity contribution in [3.05, 3.63) is 167 Å². The first kappa shape index (κ1) is 47.1. The molecule has 0 amide bonds. The molecule has 2 fully saturated rings. The van der Waals surface area contributed by atoms with Crippen molar-refractivity contribution in [3.8, 4) is 11.5 Å². The van der Waals surface area contributed by atoms with Gasteiger partial charge in [0.05, 0.1) is 0 Å². The molecule has 2 aromatic heterocycles. The van der Waals surface area contributed by atoms with Crippen molar-refractivity contribution < 1.29 is 33.7 Å². The Bertz CT molecular complexity index is 2710. The molecule has 0 radical (unpaired) electrons. The second-order valence-electron chi connectivity index (χ2n) is 17.9. The van der Waals surface area contributed by atoms with Crippen molar-refractivity contribution >= 4 is 33.7 Å². The summed E-state index contributed by atoms with van der Waals surface area (Å²) in [6.07, 6.45) is 12.9. The molecule has 0 saturated carbocycles. The van der Waals surface area contributed by atoms with Gasteiger partial charge >= 0.3 is 11.9 Å². The molecule has 0 aliphatic carbocycles. The van der Waals surface area contributed by atoms with Crippen molar-refractivity contribution in [2.24, 2.45) is 0 Å². The van der Waals surface area contributed by atoms with Crippen molar-refractivity contribution in [2.75, 3.05) is 52.5 Å². The number of carboxylic acids is 2. The topological polar surface area (TPSA) is 109 Å². The number of nitrogens with zero attached hydrogens (tertiary/aromatic N) is 4. The molecule has 7 aromatic rings. The van der Waals surface area contributed by atoms with E-state index in [0.29, 0.717) is 36.5 Å². The number of hydrogen-bond acceptors (Lipinski definition) is 6. The summed E-state index contributed by atoms with van der Waals surface area (Å²) in [4.78, 5) is 27.5. The van der Waals surface area contributed by atoms with Gasteiger partial charge in [0.25, 0.3) is 0 Å². The lowest BCUT2D eigenvalue weighted by Crippen LogP contribution is -2.35. The smallest absolute Gasteiger partial charge is 0.339 e. The number of fused-ring (bicyclic) bond motifs is 2. The lowest BCUT2D eigenvalue weighted by Gasteiger charge is -2.31. The van der Waals surface area contributed by atoms with Crippen LogP contribution in [-0.2, 0) is 13.1 Å². The number of unbranched alkanes of at least 4 members (excludes halogenated alkanes) is 2. The van der Waals surface area contributed by atoms with Gasteiger partial charge in [0.1, 0.15) is 41.7 Å². The van der Waals surface area contributed by atoms with Crippen LogP contribution in [0.2, 0.25) is 0 Å². The van der Waals surface area contributed by atoms with Crippen molar-refractivity contribution in [2.45, 2.75) is 76.8 Å². The van der Waals surface area contributed by atoms with E-state index in [1.54, 1.807) is 42.5 Å². The number of aromatic nitrogens is 2. The summed E-state index contributed by atoms with van der Waals surface area (Å²) in [5, 5.41) is 21.3. The normalized spacial score (nSPS) is 15.1. The van der Waals surface area contributed by atoms with E-state index >= 15 is 0 Å². The number of benzene rings is 5. The van der Waals surface area contributed by atoms with Crippen LogP contribution in [0.15, 0.2) is 134 Å². The molecular weight excluding hydrogens is 844 g/mol. The van der Waals surface area contributed by atoms with Gasteiger partial charge in [-0.15, -0.1) is 0 Å². The van der Waals surface area contributed by atoms with Gasteiger partial charge in [-0.2, -0.15) is 0 Å².